The number of methoxy groups -OCH3 is 1. The molecule has 0 bridgehead atoms. The van der Waals surface area contributed by atoms with E-state index in [0.717, 1.165) is 47.7 Å². The van der Waals surface area contributed by atoms with Gasteiger partial charge in [-0.2, -0.15) is 0 Å². The van der Waals surface area contributed by atoms with E-state index in [0.29, 0.717) is 11.9 Å². The van der Waals surface area contributed by atoms with E-state index in [2.05, 4.69) is 42.0 Å². The second-order valence-corrected chi connectivity index (χ2v) is 8.11. The fraction of sp³-hybridized carbons (Fsp3) is 0.455. The van der Waals surface area contributed by atoms with Crippen LogP contribution in [0.2, 0.25) is 0 Å². The first-order valence-electron chi connectivity index (χ1n) is 11.0. The maximum absolute atomic E-state index is 11.6. The van der Waals surface area contributed by atoms with Crippen molar-refractivity contribution in [2.24, 2.45) is 0 Å². The molecule has 2 aliphatic rings. The van der Waals surface area contributed by atoms with Crippen LogP contribution < -0.4 is 10.2 Å². The summed E-state index contributed by atoms with van der Waals surface area (Å²) in [5.41, 5.74) is 2.54. The van der Waals surface area contributed by atoms with E-state index in [4.69, 9.17) is 4.98 Å². The fourth-order valence-electron chi connectivity index (χ4n) is 4.80. The van der Waals surface area contributed by atoms with Crippen molar-refractivity contribution in [2.75, 3.05) is 12.0 Å². The molecule has 3 aromatic rings. The monoisotopic (exact) mass is 434 g/mol. The van der Waals surface area contributed by atoms with Crippen molar-refractivity contribution in [3.63, 3.8) is 0 Å². The Balaban J connectivity index is 1.60. The molecule has 1 N–H and O–H groups in total. The third-order valence-corrected chi connectivity index (χ3v) is 6.32. The Labute approximate surface area is 186 Å². The van der Waals surface area contributed by atoms with Crippen LogP contribution in [0.15, 0.2) is 31.0 Å². The minimum atomic E-state index is -0.496. The Kier molecular flexibility index (Phi) is 5.42. The Bertz CT molecular complexity index is 1120. The minimum Gasteiger partial charge on any atom is -0.453 e. The number of amides is 1. The summed E-state index contributed by atoms with van der Waals surface area (Å²) >= 11 is 0. The fourth-order valence-corrected chi connectivity index (χ4v) is 4.80. The average molecular weight is 435 g/mol. The SMILES string of the molecule is CC[C@@H]1c2nncn2-c2cnc(-c3ccncc3CNC(=O)OC)nc2N1C1CCCC1. The number of carbonyl (C=O) groups is 1. The Hall–Kier alpha value is -3.56. The summed E-state index contributed by atoms with van der Waals surface area (Å²) in [6, 6.07) is 2.42. The topological polar surface area (TPSA) is 111 Å². The summed E-state index contributed by atoms with van der Waals surface area (Å²) in [5, 5.41) is 11.3. The molecule has 1 saturated carbocycles. The Morgan fingerprint density at radius 2 is 2.12 bits per heavy atom. The third-order valence-electron chi connectivity index (χ3n) is 6.32. The van der Waals surface area contributed by atoms with Crippen LogP contribution in [-0.2, 0) is 11.3 Å². The molecular weight excluding hydrogens is 408 g/mol. The number of hydrogen-bond acceptors (Lipinski definition) is 8. The highest BCUT2D eigenvalue weighted by Crippen LogP contribution is 2.43. The first-order chi connectivity index (χ1) is 15.7. The van der Waals surface area contributed by atoms with Crippen molar-refractivity contribution in [1.82, 2.24) is 35.0 Å². The molecule has 1 atom stereocenters. The van der Waals surface area contributed by atoms with E-state index < -0.39 is 6.09 Å². The molecule has 0 spiro atoms. The van der Waals surface area contributed by atoms with Gasteiger partial charge in [0.15, 0.2) is 17.5 Å². The van der Waals surface area contributed by atoms with Crippen LogP contribution in [0.1, 0.15) is 56.5 Å². The zero-order chi connectivity index (χ0) is 22.1. The number of nitrogens with zero attached hydrogens (tertiary/aromatic N) is 7. The molecule has 1 aliphatic heterocycles. The molecule has 166 valence electrons. The number of hydrogen-bond donors (Lipinski definition) is 1. The summed E-state index contributed by atoms with van der Waals surface area (Å²) in [6.45, 7) is 2.45. The maximum Gasteiger partial charge on any atom is 0.407 e. The van der Waals surface area contributed by atoms with Crippen LogP contribution in [0.5, 0.6) is 0 Å². The summed E-state index contributed by atoms with van der Waals surface area (Å²) in [4.78, 5) is 27.9. The van der Waals surface area contributed by atoms with Gasteiger partial charge >= 0.3 is 6.09 Å². The summed E-state index contributed by atoms with van der Waals surface area (Å²) in [5.74, 6) is 2.45. The number of nitrogens with one attached hydrogen (secondary N) is 1. The molecule has 4 heterocycles. The molecule has 3 aromatic heterocycles. The van der Waals surface area contributed by atoms with Crippen molar-refractivity contribution in [3.05, 3.63) is 42.4 Å². The van der Waals surface area contributed by atoms with Crippen LogP contribution in [0.3, 0.4) is 0 Å². The van der Waals surface area contributed by atoms with Gasteiger partial charge in [-0.25, -0.2) is 14.8 Å². The van der Waals surface area contributed by atoms with Crippen molar-refractivity contribution < 1.29 is 9.53 Å². The molecule has 5 rings (SSSR count). The lowest BCUT2D eigenvalue weighted by Crippen LogP contribution is -2.42. The van der Waals surface area contributed by atoms with Gasteiger partial charge in [0.2, 0.25) is 0 Å². The molecular formula is C22H26N8O2. The van der Waals surface area contributed by atoms with Crippen LogP contribution in [0.25, 0.3) is 17.1 Å². The molecule has 0 radical (unpaired) electrons. The summed E-state index contributed by atoms with van der Waals surface area (Å²) < 4.78 is 6.69. The minimum absolute atomic E-state index is 0.119. The number of anilines is 1. The van der Waals surface area contributed by atoms with E-state index >= 15 is 0 Å². The van der Waals surface area contributed by atoms with Crippen molar-refractivity contribution in [3.8, 4) is 17.1 Å². The van der Waals surface area contributed by atoms with Crippen LogP contribution in [0, 0.1) is 0 Å². The number of carbonyl (C=O) groups excluding carboxylic acids is 1. The number of rotatable bonds is 5. The van der Waals surface area contributed by atoms with Gasteiger partial charge in [-0.1, -0.05) is 19.8 Å². The molecule has 0 saturated heterocycles. The molecule has 32 heavy (non-hydrogen) atoms. The standard InChI is InChI=1S/C22H26N8O2/c1-3-17-21-28-26-13-29(21)18-12-24-19(27-20(18)30(17)15-6-4-5-7-15)16-8-9-23-10-14(16)11-25-22(31)32-2/h8-10,12-13,15,17H,3-7,11H2,1-2H3,(H,25,31)/t17-/m1/s1. The lowest BCUT2D eigenvalue weighted by molar-refractivity contribution is 0.170. The second kappa shape index (κ2) is 8.52. The zero-order valence-electron chi connectivity index (χ0n) is 18.2. The molecule has 1 fully saturated rings. The first kappa shape index (κ1) is 20.3. The van der Waals surface area contributed by atoms with Gasteiger partial charge in [0.1, 0.15) is 12.0 Å². The van der Waals surface area contributed by atoms with Crippen molar-refractivity contribution in [1.29, 1.82) is 0 Å². The number of alkyl carbamates (subject to hydrolysis) is 1. The smallest absolute Gasteiger partial charge is 0.407 e. The van der Waals surface area contributed by atoms with Crippen LogP contribution in [0.4, 0.5) is 10.6 Å². The summed E-state index contributed by atoms with van der Waals surface area (Å²) in [7, 11) is 1.34. The normalized spacial score (nSPS) is 17.7. The van der Waals surface area contributed by atoms with Gasteiger partial charge in [0.25, 0.3) is 0 Å². The maximum atomic E-state index is 11.6. The molecule has 1 amide bonds. The number of pyridine rings is 1. The second-order valence-electron chi connectivity index (χ2n) is 8.11. The molecule has 0 aromatic carbocycles. The first-order valence-corrected chi connectivity index (χ1v) is 11.0. The van der Waals surface area contributed by atoms with E-state index in [1.165, 1.54) is 20.0 Å². The quantitative estimate of drug-likeness (QED) is 0.652. The summed E-state index contributed by atoms with van der Waals surface area (Å²) in [6.07, 6.45) is 12.2. The third kappa shape index (κ3) is 3.45. The van der Waals surface area contributed by atoms with Gasteiger partial charge in [-0.05, 0) is 25.3 Å². The van der Waals surface area contributed by atoms with Gasteiger partial charge in [-0.3, -0.25) is 9.55 Å². The number of fused-ring (bicyclic) bond motifs is 3. The van der Waals surface area contributed by atoms with Crippen molar-refractivity contribution in [2.45, 2.75) is 57.7 Å². The average Bonchev–Trinajstić information content (AvgIpc) is 3.54. The predicted molar refractivity (Wildman–Crippen MR) is 117 cm³/mol. The Morgan fingerprint density at radius 3 is 2.91 bits per heavy atom. The largest absolute Gasteiger partial charge is 0.453 e. The van der Waals surface area contributed by atoms with E-state index in [1.54, 1.807) is 18.7 Å². The van der Waals surface area contributed by atoms with Gasteiger partial charge in [-0.15, -0.1) is 10.2 Å². The van der Waals surface area contributed by atoms with Gasteiger partial charge in [0, 0.05) is 36.1 Å². The van der Waals surface area contributed by atoms with Gasteiger partial charge < -0.3 is 15.0 Å². The highest BCUT2D eigenvalue weighted by Gasteiger charge is 2.38. The molecule has 0 unspecified atom stereocenters. The Morgan fingerprint density at radius 1 is 1.28 bits per heavy atom. The number of ether oxygens (including phenoxy) is 1. The highest BCUT2D eigenvalue weighted by molar-refractivity contribution is 5.70. The van der Waals surface area contributed by atoms with Crippen LogP contribution >= 0.6 is 0 Å². The molecule has 1 aliphatic carbocycles. The van der Waals surface area contributed by atoms with E-state index in [1.807, 2.05) is 16.8 Å². The van der Waals surface area contributed by atoms with Crippen LogP contribution in [-0.4, -0.2) is 49.0 Å². The van der Waals surface area contributed by atoms with Gasteiger partial charge in [0.05, 0.1) is 19.3 Å². The number of aromatic nitrogens is 6. The van der Waals surface area contributed by atoms with Crippen molar-refractivity contribution >= 4 is 11.9 Å². The molecule has 10 heteroatoms. The lowest BCUT2D eigenvalue weighted by Gasteiger charge is -2.40. The predicted octanol–water partition coefficient (Wildman–Crippen LogP) is 3.19. The lowest BCUT2D eigenvalue weighted by atomic mass is 10.0. The highest BCUT2D eigenvalue weighted by atomic mass is 16.5. The zero-order valence-corrected chi connectivity index (χ0v) is 18.2. The molecule has 10 nitrogen and oxygen atoms in total. The van der Waals surface area contributed by atoms with E-state index in [-0.39, 0.29) is 12.6 Å². The van der Waals surface area contributed by atoms with E-state index in [9.17, 15) is 4.79 Å².